The van der Waals surface area contributed by atoms with E-state index in [-0.39, 0.29) is 5.92 Å². The van der Waals surface area contributed by atoms with E-state index >= 15 is 0 Å². The minimum absolute atomic E-state index is 0.159. The maximum atomic E-state index is 10.7. The Balaban J connectivity index is 3.08. The smallest absolute Gasteiger partial charge is 0.242 e. The minimum Gasteiger partial charge on any atom is -0.376 e. The number of nitrogens with two attached hydrogens (primary N) is 1. The van der Waals surface area contributed by atoms with Gasteiger partial charge in [-0.15, -0.1) is 0 Å². The van der Waals surface area contributed by atoms with Crippen molar-refractivity contribution in [2.24, 2.45) is 17.1 Å². The van der Waals surface area contributed by atoms with Crippen LogP contribution < -0.4 is 5.73 Å². The van der Waals surface area contributed by atoms with Crippen molar-refractivity contribution in [2.45, 2.75) is 39.2 Å². The van der Waals surface area contributed by atoms with Crippen LogP contribution in [0.15, 0.2) is 11.6 Å². The number of nitriles is 1. The van der Waals surface area contributed by atoms with Crippen LogP contribution in [-0.2, 0) is 4.79 Å². The van der Waals surface area contributed by atoms with Crippen LogP contribution in [0.4, 0.5) is 0 Å². The lowest BCUT2D eigenvalue weighted by molar-refractivity contribution is -0.113. The first-order valence-electron chi connectivity index (χ1n) is 5.92. The van der Waals surface area contributed by atoms with Crippen molar-refractivity contribution in [2.75, 3.05) is 0 Å². The second-order valence-electron chi connectivity index (χ2n) is 5.09. The van der Waals surface area contributed by atoms with Crippen LogP contribution in [-0.4, -0.2) is 16.6 Å². The molecular weight excluding hydrogens is 228 g/mol. The van der Waals surface area contributed by atoms with Crippen LogP contribution in [0, 0.1) is 34.5 Å². The Morgan fingerprint density at radius 2 is 2.11 bits per heavy atom. The van der Waals surface area contributed by atoms with Crippen LogP contribution in [0.3, 0.4) is 0 Å². The van der Waals surface area contributed by atoms with E-state index in [1.165, 1.54) is 6.08 Å². The average molecular weight is 246 g/mol. The molecule has 1 rings (SSSR count). The van der Waals surface area contributed by atoms with Crippen molar-refractivity contribution >= 4 is 5.91 Å². The Morgan fingerprint density at radius 3 is 2.44 bits per heavy atom. The molecule has 0 spiro atoms. The van der Waals surface area contributed by atoms with Crippen LogP contribution in [0.2, 0.25) is 0 Å². The van der Waals surface area contributed by atoms with Gasteiger partial charge in [-0.3, -0.25) is 4.79 Å². The SMILES string of the molecule is C/C(C#C[C@](O)(C(C)C)C1(C#N)CC1)=C/C(N)=O. The van der Waals surface area contributed by atoms with E-state index in [1.807, 2.05) is 13.8 Å². The average Bonchev–Trinajstić information content (AvgIpc) is 3.05. The number of carbonyl (C=O) groups excluding carboxylic acids is 1. The normalized spacial score (nSPS) is 20.3. The zero-order chi connectivity index (χ0) is 14.0. The molecule has 4 nitrogen and oxygen atoms in total. The lowest BCUT2D eigenvalue weighted by Crippen LogP contribution is -2.42. The molecule has 0 radical (unpaired) electrons. The number of carbonyl (C=O) groups is 1. The van der Waals surface area contributed by atoms with Gasteiger partial charge >= 0.3 is 0 Å². The Labute approximate surface area is 107 Å². The Kier molecular flexibility index (Phi) is 3.84. The lowest BCUT2D eigenvalue weighted by atomic mass is 9.77. The summed E-state index contributed by atoms with van der Waals surface area (Å²) in [7, 11) is 0. The van der Waals surface area contributed by atoms with Gasteiger partial charge in [0.05, 0.1) is 11.5 Å². The van der Waals surface area contributed by atoms with Crippen molar-refractivity contribution in [3.8, 4) is 17.9 Å². The molecular formula is C14H18N2O2. The van der Waals surface area contributed by atoms with Crippen LogP contribution in [0.5, 0.6) is 0 Å². The topological polar surface area (TPSA) is 87.1 Å². The van der Waals surface area contributed by atoms with Crippen molar-refractivity contribution in [1.29, 1.82) is 5.26 Å². The highest BCUT2D eigenvalue weighted by atomic mass is 16.3. The quantitative estimate of drug-likeness (QED) is 0.577. The van der Waals surface area contributed by atoms with Gasteiger partial charge in [-0.25, -0.2) is 0 Å². The summed E-state index contributed by atoms with van der Waals surface area (Å²) in [5.74, 6) is 4.76. The van der Waals surface area contributed by atoms with Gasteiger partial charge in [0.2, 0.25) is 5.91 Å². The van der Waals surface area contributed by atoms with Crippen LogP contribution in [0.1, 0.15) is 33.6 Å². The summed E-state index contributed by atoms with van der Waals surface area (Å²) >= 11 is 0. The molecule has 1 aliphatic carbocycles. The molecule has 0 bridgehead atoms. The van der Waals surface area contributed by atoms with Crippen LogP contribution >= 0.6 is 0 Å². The first-order valence-corrected chi connectivity index (χ1v) is 5.92. The summed E-state index contributed by atoms with van der Waals surface area (Å²) in [6.45, 7) is 5.31. The van der Waals surface area contributed by atoms with Crippen molar-refractivity contribution in [3.05, 3.63) is 11.6 Å². The summed E-state index contributed by atoms with van der Waals surface area (Å²) < 4.78 is 0. The molecule has 1 atom stereocenters. The molecule has 0 heterocycles. The first kappa shape index (κ1) is 14.3. The van der Waals surface area contributed by atoms with E-state index in [4.69, 9.17) is 5.73 Å². The highest BCUT2D eigenvalue weighted by Crippen LogP contribution is 2.56. The fourth-order valence-corrected chi connectivity index (χ4v) is 1.96. The van der Waals surface area contributed by atoms with Crippen molar-refractivity contribution < 1.29 is 9.90 Å². The first-order chi connectivity index (χ1) is 8.27. The number of aliphatic hydroxyl groups is 1. The largest absolute Gasteiger partial charge is 0.376 e. The standard InChI is InChI=1S/C14H18N2O2/c1-10(2)14(18,13(9-15)6-7-13)5-4-11(3)8-12(16)17/h8,10,18H,6-7H2,1-3H3,(H2,16,17)/b11-8-/t14-/m0/s1. The second-order valence-corrected chi connectivity index (χ2v) is 5.09. The molecule has 1 aliphatic rings. The van der Waals surface area contributed by atoms with Gasteiger partial charge in [-0.1, -0.05) is 25.7 Å². The highest BCUT2D eigenvalue weighted by molar-refractivity contribution is 5.87. The number of nitrogens with zero attached hydrogens (tertiary/aromatic N) is 1. The third-order valence-electron chi connectivity index (χ3n) is 3.34. The van der Waals surface area contributed by atoms with Gasteiger partial charge in [-0.2, -0.15) is 5.26 Å². The van der Waals surface area contributed by atoms with Gasteiger partial charge in [0.1, 0.15) is 5.60 Å². The fraction of sp³-hybridized carbons (Fsp3) is 0.571. The number of primary amides is 1. The van der Waals surface area contributed by atoms with Gasteiger partial charge in [0, 0.05) is 11.6 Å². The summed E-state index contributed by atoms with van der Waals surface area (Å²) in [6.07, 6.45) is 2.52. The van der Waals surface area contributed by atoms with E-state index in [9.17, 15) is 15.2 Å². The highest BCUT2D eigenvalue weighted by Gasteiger charge is 2.60. The second kappa shape index (κ2) is 4.84. The van der Waals surface area contributed by atoms with E-state index in [0.29, 0.717) is 18.4 Å². The molecule has 0 saturated heterocycles. The number of hydrogen-bond donors (Lipinski definition) is 2. The van der Waals surface area contributed by atoms with E-state index in [2.05, 4.69) is 17.9 Å². The molecule has 0 aromatic heterocycles. The predicted octanol–water partition coefficient (Wildman–Crippen LogP) is 1.11. The number of rotatable bonds is 3. The Hall–Kier alpha value is -1.78. The van der Waals surface area contributed by atoms with E-state index < -0.39 is 16.9 Å². The van der Waals surface area contributed by atoms with E-state index in [1.54, 1.807) is 6.92 Å². The molecule has 1 amide bonds. The molecule has 0 aromatic rings. The summed E-state index contributed by atoms with van der Waals surface area (Å²) in [4.78, 5) is 10.7. The van der Waals surface area contributed by atoms with Crippen molar-refractivity contribution in [3.63, 3.8) is 0 Å². The molecule has 0 aliphatic heterocycles. The molecule has 1 fully saturated rings. The summed E-state index contributed by atoms with van der Waals surface area (Å²) in [5, 5.41) is 19.8. The molecule has 18 heavy (non-hydrogen) atoms. The van der Waals surface area contributed by atoms with Gasteiger partial charge in [0.25, 0.3) is 0 Å². The summed E-state index contributed by atoms with van der Waals surface area (Å²) in [5.41, 5.74) is 3.40. The minimum atomic E-state index is -1.34. The molecule has 1 saturated carbocycles. The monoisotopic (exact) mass is 246 g/mol. The lowest BCUT2D eigenvalue weighted by Gasteiger charge is -2.31. The predicted molar refractivity (Wildman–Crippen MR) is 67.8 cm³/mol. The third-order valence-corrected chi connectivity index (χ3v) is 3.34. The molecule has 4 heteroatoms. The number of amides is 1. The zero-order valence-corrected chi connectivity index (χ0v) is 10.9. The fourth-order valence-electron chi connectivity index (χ4n) is 1.96. The molecule has 3 N–H and O–H groups in total. The molecule has 0 unspecified atom stereocenters. The molecule has 96 valence electrons. The summed E-state index contributed by atoms with van der Waals surface area (Å²) in [6, 6.07) is 2.18. The molecule has 0 aromatic carbocycles. The van der Waals surface area contributed by atoms with Gasteiger partial charge in [-0.05, 0) is 25.7 Å². The van der Waals surface area contributed by atoms with Crippen molar-refractivity contribution in [1.82, 2.24) is 0 Å². The maximum Gasteiger partial charge on any atom is 0.242 e. The van der Waals surface area contributed by atoms with E-state index in [0.717, 1.165) is 0 Å². The Morgan fingerprint density at radius 1 is 1.56 bits per heavy atom. The number of hydrogen-bond acceptors (Lipinski definition) is 3. The Bertz CT molecular complexity index is 484. The zero-order valence-electron chi connectivity index (χ0n) is 10.9. The number of allylic oxidation sites excluding steroid dienone is 1. The maximum absolute atomic E-state index is 10.7. The third kappa shape index (κ3) is 2.55. The van der Waals surface area contributed by atoms with Crippen LogP contribution in [0.25, 0.3) is 0 Å². The van der Waals surface area contributed by atoms with Gasteiger partial charge < -0.3 is 10.8 Å². The van der Waals surface area contributed by atoms with Gasteiger partial charge in [0.15, 0.2) is 0 Å².